The first kappa shape index (κ1) is 14.8. The van der Waals surface area contributed by atoms with Crippen molar-refractivity contribution < 1.29 is 13.7 Å². The fraction of sp³-hybridized carbons (Fsp3) is 0.412. The number of carbonyl (C=O) groups is 1. The third-order valence-electron chi connectivity index (χ3n) is 4.26. The van der Waals surface area contributed by atoms with Gasteiger partial charge in [-0.1, -0.05) is 24.2 Å². The molecular formula is C17H19FN2O2. The molecule has 0 aliphatic carbocycles. The van der Waals surface area contributed by atoms with Gasteiger partial charge in [-0.25, -0.2) is 4.39 Å². The maximum atomic E-state index is 13.9. The largest absolute Gasteiger partial charge is 0.361 e. The summed E-state index contributed by atoms with van der Waals surface area (Å²) in [6.07, 6.45) is 2.49. The lowest BCUT2D eigenvalue weighted by molar-refractivity contribution is 0.0729. The maximum Gasteiger partial charge on any atom is 0.257 e. The van der Waals surface area contributed by atoms with Crippen molar-refractivity contribution in [2.45, 2.75) is 39.2 Å². The first-order valence-electron chi connectivity index (χ1n) is 7.64. The molecule has 1 saturated heterocycles. The van der Waals surface area contributed by atoms with Gasteiger partial charge in [0.2, 0.25) is 0 Å². The molecule has 5 heteroatoms. The van der Waals surface area contributed by atoms with Crippen LogP contribution in [0.2, 0.25) is 0 Å². The first-order chi connectivity index (χ1) is 10.6. The summed E-state index contributed by atoms with van der Waals surface area (Å²) in [4.78, 5) is 14.5. The number of rotatable bonds is 3. The summed E-state index contributed by atoms with van der Waals surface area (Å²) < 4.78 is 19.3. The van der Waals surface area contributed by atoms with Crippen molar-refractivity contribution in [1.29, 1.82) is 0 Å². The van der Waals surface area contributed by atoms with Crippen molar-refractivity contribution in [3.8, 4) is 0 Å². The van der Waals surface area contributed by atoms with Crippen molar-refractivity contribution in [3.63, 3.8) is 0 Å². The Labute approximate surface area is 128 Å². The second-order valence-electron chi connectivity index (χ2n) is 5.59. The van der Waals surface area contributed by atoms with E-state index >= 15 is 0 Å². The molecule has 4 nitrogen and oxygen atoms in total. The van der Waals surface area contributed by atoms with E-state index < -0.39 is 5.82 Å². The SMILES string of the molecule is CCc1onc(C)c1[C@H]1CCCN1C(=O)c1ccccc1F. The Morgan fingerprint density at radius 3 is 2.95 bits per heavy atom. The number of aryl methyl sites for hydroxylation is 2. The predicted molar refractivity (Wildman–Crippen MR) is 80.0 cm³/mol. The van der Waals surface area contributed by atoms with E-state index in [1.807, 2.05) is 13.8 Å². The highest BCUT2D eigenvalue weighted by molar-refractivity contribution is 5.95. The summed E-state index contributed by atoms with van der Waals surface area (Å²) in [5, 5.41) is 4.03. The fourth-order valence-corrected chi connectivity index (χ4v) is 3.20. The van der Waals surface area contributed by atoms with Crippen LogP contribution in [0.1, 0.15) is 53.2 Å². The van der Waals surface area contributed by atoms with Gasteiger partial charge in [-0.3, -0.25) is 4.79 Å². The first-order valence-corrected chi connectivity index (χ1v) is 7.64. The third-order valence-corrected chi connectivity index (χ3v) is 4.26. The number of likely N-dealkylation sites (tertiary alicyclic amines) is 1. The average molecular weight is 302 g/mol. The van der Waals surface area contributed by atoms with Crippen LogP contribution in [-0.2, 0) is 6.42 Å². The minimum absolute atomic E-state index is 0.0756. The molecule has 1 aliphatic rings. The van der Waals surface area contributed by atoms with Gasteiger partial charge in [0, 0.05) is 18.5 Å². The van der Waals surface area contributed by atoms with E-state index in [0.29, 0.717) is 6.54 Å². The molecule has 1 atom stereocenters. The van der Waals surface area contributed by atoms with Gasteiger partial charge < -0.3 is 9.42 Å². The standard InChI is InChI=1S/C17H19FN2O2/c1-3-15-16(11(2)19-22-15)14-9-6-10-20(14)17(21)12-7-4-5-8-13(12)18/h4-5,7-8,14H,3,6,9-10H2,1-2H3/t14-/m1/s1. The molecule has 0 spiro atoms. The molecule has 116 valence electrons. The minimum atomic E-state index is -0.476. The Balaban J connectivity index is 1.95. The van der Waals surface area contributed by atoms with Gasteiger partial charge in [-0.05, 0) is 31.9 Å². The lowest BCUT2D eigenvalue weighted by Gasteiger charge is -2.25. The molecule has 22 heavy (non-hydrogen) atoms. The van der Waals surface area contributed by atoms with Crippen molar-refractivity contribution >= 4 is 5.91 Å². The number of carbonyl (C=O) groups excluding carboxylic acids is 1. The molecule has 0 radical (unpaired) electrons. The Bertz CT molecular complexity index is 696. The molecule has 1 aromatic heterocycles. The number of hydrogen-bond acceptors (Lipinski definition) is 3. The van der Waals surface area contributed by atoms with Gasteiger partial charge in [0.15, 0.2) is 0 Å². The van der Waals surface area contributed by atoms with Crippen LogP contribution in [0, 0.1) is 12.7 Å². The molecular weight excluding hydrogens is 283 g/mol. The van der Waals surface area contributed by atoms with E-state index in [2.05, 4.69) is 5.16 Å². The van der Waals surface area contributed by atoms with Crippen LogP contribution in [0.5, 0.6) is 0 Å². The van der Waals surface area contributed by atoms with Crippen molar-refractivity contribution in [3.05, 3.63) is 52.7 Å². The van der Waals surface area contributed by atoms with Gasteiger partial charge in [0.25, 0.3) is 5.91 Å². The Kier molecular flexibility index (Phi) is 3.96. The molecule has 3 rings (SSSR count). The van der Waals surface area contributed by atoms with E-state index in [4.69, 9.17) is 4.52 Å². The number of benzene rings is 1. The van der Waals surface area contributed by atoms with Gasteiger partial charge >= 0.3 is 0 Å². The van der Waals surface area contributed by atoms with Crippen molar-refractivity contribution in [1.82, 2.24) is 10.1 Å². The van der Waals surface area contributed by atoms with E-state index in [-0.39, 0.29) is 17.5 Å². The molecule has 0 unspecified atom stereocenters. The molecule has 1 fully saturated rings. The summed E-state index contributed by atoms with van der Waals surface area (Å²) in [5.74, 6) is 0.0786. The van der Waals surface area contributed by atoms with E-state index in [0.717, 1.165) is 36.3 Å². The number of amides is 1. The van der Waals surface area contributed by atoms with E-state index in [1.54, 1.807) is 17.0 Å². The van der Waals surface area contributed by atoms with Gasteiger partial charge in [-0.15, -0.1) is 0 Å². The molecule has 1 aliphatic heterocycles. The minimum Gasteiger partial charge on any atom is -0.361 e. The van der Waals surface area contributed by atoms with Gasteiger partial charge in [0.1, 0.15) is 11.6 Å². The lowest BCUT2D eigenvalue weighted by atomic mass is 10.0. The summed E-state index contributed by atoms with van der Waals surface area (Å²) in [6, 6.07) is 6.05. The summed E-state index contributed by atoms with van der Waals surface area (Å²) >= 11 is 0. The fourth-order valence-electron chi connectivity index (χ4n) is 3.20. The highest BCUT2D eigenvalue weighted by atomic mass is 19.1. The zero-order chi connectivity index (χ0) is 15.7. The normalized spacial score (nSPS) is 18.0. The van der Waals surface area contributed by atoms with Crippen molar-refractivity contribution in [2.75, 3.05) is 6.54 Å². The third kappa shape index (κ3) is 2.40. The van der Waals surface area contributed by atoms with Crippen LogP contribution in [0.4, 0.5) is 4.39 Å². The second kappa shape index (κ2) is 5.91. The Hall–Kier alpha value is -2.17. The van der Waals surface area contributed by atoms with Crippen LogP contribution in [0.3, 0.4) is 0 Å². The van der Waals surface area contributed by atoms with E-state index in [9.17, 15) is 9.18 Å². The van der Waals surface area contributed by atoms with Gasteiger partial charge in [0.05, 0.1) is 17.3 Å². The maximum absolute atomic E-state index is 13.9. The molecule has 0 saturated carbocycles. The second-order valence-corrected chi connectivity index (χ2v) is 5.59. The highest BCUT2D eigenvalue weighted by Crippen LogP contribution is 2.37. The van der Waals surface area contributed by atoms with Crippen LogP contribution < -0.4 is 0 Å². The van der Waals surface area contributed by atoms with E-state index in [1.165, 1.54) is 12.1 Å². The molecule has 2 aromatic rings. The summed E-state index contributed by atoms with van der Waals surface area (Å²) in [6.45, 7) is 4.52. The monoisotopic (exact) mass is 302 g/mol. The highest BCUT2D eigenvalue weighted by Gasteiger charge is 2.35. The predicted octanol–water partition coefficient (Wildman–Crippen LogP) is 3.66. The number of halogens is 1. The molecule has 0 N–H and O–H groups in total. The Morgan fingerprint density at radius 2 is 2.23 bits per heavy atom. The summed E-state index contributed by atoms with van der Waals surface area (Å²) in [7, 11) is 0. The quantitative estimate of drug-likeness (QED) is 0.869. The van der Waals surface area contributed by atoms with Gasteiger partial charge in [-0.2, -0.15) is 0 Å². The molecule has 1 aromatic carbocycles. The van der Waals surface area contributed by atoms with Crippen LogP contribution in [0.25, 0.3) is 0 Å². The number of aromatic nitrogens is 1. The molecule has 0 bridgehead atoms. The van der Waals surface area contributed by atoms with Crippen LogP contribution >= 0.6 is 0 Å². The van der Waals surface area contributed by atoms with Crippen molar-refractivity contribution in [2.24, 2.45) is 0 Å². The lowest BCUT2D eigenvalue weighted by Crippen LogP contribution is -2.31. The number of nitrogens with zero attached hydrogens (tertiary/aromatic N) is 2. The zero-order valence-electron chi connectivity index (χ0n) is 12.8. The van der Waals surface area contributed by atoms with Crippen LogP contribution in [-0.4, -0.2) is 22.5 Å². The summed E-state index contributed by atoms with van der Waals surface area (Å²) in [5.41, 5.74) is 1.93. The topological polar surface area (TPSA) is 46.3 Å². The zero-order valence-corrected chi connectivity index (χ0v) is 12.8. The smallest absolute Gasteiger partial charge is 0.257 e. The molecule has 2 heterocycles. The Morgan fingerprint density at radius 1 is 1.45 bits per heavy atom. The average Bonchev–Trinajstić information content (AvgIpc) is 3.12. The number of hydrogen-bond donors (Lipinski definition) is 0. The molecule has 1 amide bonds. The van der Waals surface area contributed by atoms with Crippen LogP contribution in [0.15, 0.2) is 28.8 Å².